The molecule has 0 aliphatic heterocycles. The lowest BCUT2D eigenvalue weighted by molar-refractivity contribution is -0.108. The first-order chi connectivity index (χ1) is 7.67. The molecule has 0 aliphatic carbocycles. The lowest BCUT2D eigenvalue weighted by Gasteiger charge is -2.32. The van der Waals surface area contributed by atoms with Crippen LogP contribution >= 0.6 is 0 Å². The second kappa shape index (κ2) is 6.62. The third kappa shape index (κ3) is 6.97. The Kier molecular flexibility index (Phi) is 6.21. The summed E-state index contributed by atoms with van der Waals surface area (Å²) in [4.78, 5) is 24.2. The van der Waals surface area contributed by atoms with E-state index in [1.165, 1.54) is 0 Å². The summed E-state index contributed by atoms with van der Waals surface area (Å²) >= 11 is 0. The summed E-state index contributed by atoms with van der Waals surface area (Å²) in [5.74, 6) is 0.344. The molecule has 0 fully saturated rings. The van der Waals surface area contributed by atoms with Crippen molar-refractivity contribution in [3.05, 3.63) is 0 Å². The van der Waals surface area contributed by atoms with Gasteiger partial charge in [0.25, 0.3) is 0 Å². The maximum absolute atomic E-state index is 12.0. The van der Waals surface area contributed by atoms with E-state index in [2.05, 4.69) is 0 Å². The molecular weight excluding hydrogens is 218 g/mol. The monoisotopic (exact) mass is 243 g/mol. The van der Waals surface area contributed by atoms with Gasteiger partial charge in [-0.25, -0.2) is 4.79 Å². The van der Waals surface area contributed by atoms with Crippen LogP contribution in [0, 0.1) is 5.92 Å². The quantitative estimate of drug-likeness (QED) is 0.697. The van der Waals surface area contributed by atoms with Gasteiger partial charge < -0.3 is 14.4 Å². The van der Waals surface area contributed by atoms with Gasteiger partial charge in [-0.3, -0.25) is 0 Å². The Morgan fingerprint density at radius 2 is 1.82 bits per heavy atom. The fraction of sp³-hybridized carbons (Fsp3) is 0.846. The average Bonchev–Trinajstić information content (AvgIpc) is 2.11. The Labute approximate surface area is 104 Å². The Balaban J connectivity index is 4.66. The predicted molar refractivity (Wildman–Crippen MR) is 67.9 cm³/mol. The highest BCUT2D eigenvalue weighted by atomic mass is 16.6. The second-order valence-electron chi connectivity index (χ2n) is 5.78. The van der Waals surface area contributed by atoms with E-state index < -0.39 is 5.60 Å². The lowest BCUT2D eigenvalue weighted by atomic mass is 10.1. The van der Waals surface area contributed by atoms with E-state index in [4.69, 9.17) is 4.74 Å². The fourth-order valence-corrected chi connectivity index (χ4v) is 1.41. The van der Waals surface area contributed by atoms with Gasteiger partial charge in [-0.05, 0) is 33.6 Å². The molecule has 0 rings (SSSR count). The highest BCUT2D eigenvalue weighted by molar-refractivity contribution is 5.69. The zero-order valence-electron chi connectivity index (χ0n) is 11.8. The number of amides is 1. The third-order valence-corrected chi connectivity index (χ3v) is 2.16. The van der Waals surface area contributed by atoms with Crippen molar-refractivity contribution in [2.24, 2.45) is 5.92 Å². The molecule has 1 amide bonds. The lowest BCUT2D eigenvalue weighted by Crippen LogP contribution is -2.44. The summed E-state index contributed by atoms with van der Waals surface area (Å²) < 4.78 is 5.34. The molecule has 0 radical (unpaired) electrons. The van der Waals surface area contributed by atoms with Crippen LogP contribution in [-0.2, 0) is 9.53 Å². The molecule has 0 aromatic carbocycles. The molecule has 0 N–H and O–H groups in total. The van der Waals surface area contributed by atoms with Crippen molar-refractivity contribution >= 4 is 12.4 Å². The molecule has 0 bridgehead atoms. The molecular formula is C13H25NO3. The minimum atomic E-state index is -0.507. The van der Waals surface area contributed by atoms with Gasteiger partial charge in [0.15, 0.2) is 0 Å². The van der Waals surface area contributed by atoms with Gasteiger partial charge in [0.1, 0.15) is 11.9 Å². The summed E-state index contributed by atoms with van der Waals surface area (Å²) in [5, 5.41) is 0. The molecule has 1 unspecified atom stereocenters. The van der Waals surface area contributed by atoms with Crippen molar-refractivity contribution in [2.75, 3.05) is 6.54 Å². The number of nitrogens with zero attached hydrogens (tertiary/aromatic N) is 1. The average molecular weight is 243 g/mol. The zero-order chi connectivity index (χ0) is 13.6. The van der Waals surface area contributed by atoms with Crippen molar-refractivity contribution < 1.29 is 14.3 Å². The molecule has 17 heavy (non-hydrogen) atoms. The molecule has 0 aromatic rings. The minimum absolute atomic E-state index is 0.121. The van der Waals surface area contributed by atoms with Gasteiger partial charge in [-0.15, -0.1) is 0 Å². The van der Waals surface area contributed by atoms with E-state index in [0.29, 0.717) is 18.9 Å². The molecule has 0 aromatic heterocycles. The molecule has 4 nitrogen and oxygen atoms in total. The first-order valence-corrected chi connectivity index (χ1v) is 6.10. The van der Waals surface area contributed by atoms with Crippen LogP contribution in [-0.4, -0.2) is 35.5 Å². The zero-order valence-corrected chi connectivity index (χ0v) is 11.8. The summed E-state index contributed by atoms with van der Waals surface area (Å²) in [7, 11) is 0. The van der Waals surface area contributed by atoms with Gasteiger partial charge in [0.2, 0.25) is 0 Å². The van der Waals surface area contributed by atoms with Crippen LogP contribution in [0.5, 0.6) is 0 Å². The SMILES string of the molecule is CC(C)CN(C(=O)OC(C)(C)C)C(C)CC=O. The van der Waals surface area contributed by atoms with Crippen molar-refractivity contribution in [3.8, 4) is 0 Å². The standard InChI is InChI=1S/C13H25NO3/c1-10(2)9-14(11(3)7-8-15)12(16)17-13(4,5)6/h8,10-11H,7,9H2,1-6H3. The van der Waals surface area contributed by atoms with Gasteiger partial charge in [0, 0.05) is 19.0 Å². The highest BCUT2D eigenvalue weighted by Crippen LogP contribution is 2.14. The van der Waals surface area contributed by atoms with Crippen LogP contribution in [0.15, 0.2) is 0 Å². The van der Waals surface area contributed by atoms with Crippen LogP contribution < -0.4 is 0 Å². The summed E-state index contributed by atoms with van der Waals surface area (Å²) in [6.45, 7) is 12.0. The topological polar surface area (TPSA) is 46.6 Å². The van der Waals surface area contributed by atoms with Crippen LogP contribution in [0.3, 0.4) is 0 Å². The van der Waals surface area contributed by atoms with E-state index in [9.17, 15) is 9.59 Å². The van der Waals surface area contributed by atoms with Crippen LogP contribution in [0.25, 0.3) is 0 Å². The molecule has 100 valence electrons. The van der Waals surface area contributed by atoms with Gasteiger partial charge >= 0.3 is 6.09 Å². The van der Waals surface area contributed by atoms with Gasteiger partial charge in [0.05, 0.1) is 0 Å². The largest absolute Gasteiger partial charge is 0.444 e. The maximum Gasteiger partial charge on any atom is 0.410 e. The van der Waals surface area contributed by atoms with E-state index in [1.807, 2.05) is 41.5 Å². The highest BCUT2D eigenvalue weighted by Gasteiger charge is 2.26. The Morgan fingerprint density at radius 3 is 2.18 bits per heavy atom. The smallest absolute Gasteiger partial charge is 0.410 e. The number of aldehydes is 1. The molecule has 0 heterocycles. The summed E-state index contributed by atoms with van der Waals surface area (Å²) in [6.07, 6.45) is 0.828. The van der Waals surface area contributed by atoms with E-state index in [-0.39, 0.29) is 12.1 Å². The third-order valence-electron chi connectivity index (χ3n) is 2.16. The van der Waals surface area contributed by atoms with E-state index in [1.54, 1.807) is 4.90 Å². The number of carbonyl (C=O) groups excluding carboxylic acids is 2. The summed E-state index contributed by atoms with van der Waals surface area (Å²) in [6, 6.07) is -0.121. The van der Waals surface area contributed by atoms with Crippen molar-refractivity contribution in [1.29, 1.82) is 0 Å². The first-order valence-electron chi connectivity index (χ1n) is 6.10. The van der Waals surface area contributed by atoms with Crippen molar-refractivity contribution in [3.63, 3.8) is 0 Å². The molecule has 0 saturated carbocycles. The maximum atomic E-state index is 12.0. The molecule has 1 atom stereocenters. The molecule has 0 aliphatic rings. The fourth-order valence-electron chi connectivity index (χ4n) is 1.41. The van der Waals surface area contributed by atoms with Gasteiger partial charge in [-0.1, -0.05) is 13.8 Å². The number of ether oxygens (including phenoxy) is 1. The van der Waals surface area contributed by atoms with Gasteiger partial charge in [-0.2, -0.15) is 0 Å². The van der Waals surface area contributed by atoms with Crippen LogP contribution in [0.4, 0.5) is 4.79 Å². The molecule has 0 saturated heterocycles. The number of hydrogen-bond acceptors (Lipinski definition) is 3. The molecule has 0 spiro atoms. The van der Waals surface area contributed by atoms with Crippen molar-refractivity contribution in [1.82, 2.24) is 4.90 Å². The first kappa shape index (κ1) is 15.9. The van der Waals surface area contributed by atoms with Crippen molar-refractivity contribution in [2.45, 2.75) is 59.6 Å². The Morgan fingerprint density at radius 1 is 1.29 bits per heavy atom. The van der Waals surface area contributed by atoms with Crippen LogP contribution in [0.1, 0.15) is 48.0 Å². The summed E-state index contributed by atoms with van der Waals surface area (Å²) in [5.41, 5.74) is -0.507. The molecule has 4 heteroatoms. The number of carbonyl (C=O) groups is 2. The number of rotatable bonds is 5. The van der Waals surface area contributed by atoms with Crippen LogP contribution in [0.2, 0.25) is 0 Å². The minimum Gasteiger partial charge on any atom is -0.444 e. The van der Waals surface area contributed by atoms with E-state index >= 15 is 0 Å². The number of hydrogen-bond donors (Lipinski definition) is 0. The van der Waals surface area contributed by atoms with E-state index in [0.717, 1.165) is 6.29 Å². The predicted octanol–water partition coefficient (Wildman–Crippen LogP) is 2.86. The Bertz CT molecular complexity index is 256. The second-order valence-corrected chi connectivity index (χ2v) is 5.78. The Hall–Kier alpha value is -1.06. The normalized spacial score (nSPS) is 13.4.